The van der Waals surface area contributed by atoms with Gasteiger partial charge in [0.2, 0.25) is 0 Å². The Morgan fingerprint density at radius 2 is 1.67 bits per heavy atom. The minimum absolute atomic E-state index is 0.0734. The summed E-state index contributed by atoms with van der Waals surface area (Å²) in [6.07, 6.45) is 3.24. The third kappa shape index (κ3) is 4.79. The number of oxime groups is 1. The molecule has 30 heavy (non-hydrogen) atoms. The molecular formula is C23H26N4O3. The Hall–Kier alpha value is -3.35. The number of nitrogens with zero attached hydrogens (tertiary/aromatic N) is 3. The van der Waals surface area contributed by atoms with Crippen LogP contribution in [0.15, 0.2) is 59.8 Å². The molecule has 2 aromatic rings. The first-order valence-electron chi connectivity index (χ1n) is 10.4. The number of piperidine rings is 1. The molecule has 0 radical (unpaired) electrons. The van der Waals surface area contributed by atoms with Crippen LogP contribution in [-0.4, -0.2) is 48.8 Å². The molecule has 1 fully saturated rings. The third-order valence-corrected chi connectivity index (χ3v) is 5.45. The van der Waals surface area contributed by atoms with E-state index in [0.29, 0.717) is 32.5 Å². The van der Waals surface area contributed by atoms with E-state index in [4.69, 9.17) is 4.84 Å². The molecule has 2 aliphatic heterocycles. The Morgan fingerprint density at radius 3 is 2.47 bits per heavy atom. The van der Waals surface area contributed by atoms with Crippen molar-refractivity contribution in [2.45, 2.75) is 25.7 Å². The highest BCUT2D eigenvalue weighted by Crippen LogP contribution is 2.26. The molecule has 0 aromatic heterocycles. The van der Waals surface area contributed by atoms with Crippen molar-refractivity contribution in [2.75, 3.05) is 36.5 Å². The number of nitrogens with one attached hydrogen (secondary N) is 1. The quantitative estimate of drug-likeness (QED) is 0.788. The third-order valence-electron chi connectivity index (χ3n) is 5.45. The number of anilines is 2. The molecule has 0 bridgehead atoms. The number of amides is 3. The zero-order valence-electron chi connectivity index (χ0n) is 16.9. The lowest BCUT2D eigenvalue weighted by Gasteiger charge is -2.29. The molecule has 0 unspecified atom stereocenters. The largest absolute Gasteiger partial charge is 0.386 e. The number of rotatable bonds is 4. The number of hydrogen-bond acceptors (Lipinski definition) is 4. The number of aryl methyl sites for hydroxylation is 1. The maximum atomic E-state index is 12.6. The van der Waals surface area contributed by atoms with Crippen molar-refractivity contribution < 1.29 is 14.4 Å². The van der Waals surface area contributed by atoms with Crippen LogP contribution in [0.4, 0.5) is 16.2 Å². The topological polar surface area (TPSA) is 74.2 Å². The highest BCUT2D eigenvalue weighted by Gasteiger charge is 2.23. The average molecular weight is 406 g/mol. The fourth-order valence-electron chi connectivity index (χ4n) is 3.83. The molecule has 7 heteroatoms. The Morgan fingerprint density at radius 1 is 0.933 bits per heavy atom. The lowest BCUT2D eigenvalue weighted by Crippen LogP contribution is -2.41. The van der Waals surface area contributed by atoms with Gasteiger partial charge in [-0.05, 0) is 36.6 Å². The zero-order valence-corrected chi connectivity index (χ0v) is 16.9. The van der Waals surface area contributed by atoms with Gasteiger partial charge in [0.1, 0.15) is 0 Å². The number of hydrogen-bond donors (Lipinski definition) is 1. The Bertz CT molecular complexity index is 919. The number of para-hydroxylation sites is 2. The summed E-state index contributed by atoms with van der Waals surface area (Å²) in [4.78, 5) is 33.9. The van der Waals surface area contributed by atoms with Gasteiger partial charge in [0.25, 0.3) is 5.91 Å². The van der Waals surface area contributed by atoms with Crippen molar-refractivity contribution >= 4 is 29.0 Å². The number of urea groups is 1. The average Bonchev–Trinajstić information content (AvgIpc) is 2.79. The van der Waals surface area contributed by atoms with Gasteiger partial charge in [-0.25, -0.2) is 4.79 Å². The van der Waals surface area contributed by atoms with Gasteiger partial charge in [0, 0.05) is 43.9 Å². The lowest BCUT2D eigenvalue weighted by atomic mass is 10.0. The molecule has 2 aliphatic rings. The molecule has 7 nitrogen and oxygen atoms in total. The van der Waals surface area contributed by atoms with Crippen LogP contribution in [0, 0.1) is 0 Å². The molecule has 0 saturated carbocycles. The van der Waals surface area contributed by atoms with Crippen LogP contribution in [-0.2, 0) is 16.1 Å². The molecule has 1 saturated heterocycles. The van der Waals surface area contributed by atoms with Crippen LogP contribution >= 0.6 is 0 Å². The predicted octanol–water partition coefficient (Wildman–Crippen LogP) is 3.67. The van der Waals surface area contributed by atoms with Crippen LogP contribution in [0.5, 0.6) is 0 Å². The van der Waals surface area contributed by atoms with Crippen molar-refractivity contribution in [2.24, 2.45) is 5.16 Å². The molecule has 1 N–H and O–H groups in total. The Labute approximate surface area is 176 Å². The fourth-order valence-corrected chi connectivity index (χ4v) is 3.83. The first-order valence-corrected chi connectivity index (χ1v) is 10.4. The molecule has 2 aromatic carbocycles. The molecule has 2 heterocycles. The lowest BCUT2D eigenvalue weighted by molar-refractivity contribution is -0.123. The number of carbonyl (C=O) groups is 2. The van der Waals surface area contributed by atoms with Gasteiger partial charge in [-0.3, -0.25) is 4.79 Å². The molecule has 0 spiro atoms. The van der Waals surface area contributed by atoms with Crippen LogP contribution in [0.2, 0.25) is 0 Å². The van der Waals surface area contributed by atoms with Gasteiger partial charge in [0.15, 0.2) is 6.61 Å². The van der Waals surface area contributed by atoms with Gasteiger partial charge < -0.3 is 20.0 Å². The predicted molar refractivity (Wildman–Crippen MR) is 117 cm³/mol. The highest BCUT2D eigenvalue weighted by atomic mass is 16.6. The van der Waals surface area contributed by atoms with E-state index in [9.17, 15) is 9.59 Å². The first-order chi connectivity index (χ1) is 14.7. The van der Waals surface area contributed by atoms with E-state index in [2.05, 4.69) is 16.5 Å². The van der Waals surface area contributed by atoms with E-state index in [-0.39, 0.29) is 18.5 Å². The Balaban J connectivity index is 1.24. The van der Waals surface area contributed by atoms with E-state index in [0.717, 1.165) is 29.9 Å². The monoisotopic (exact) mass is 406 g/mol. The fraction of sp³-hybridized carbons (Fsp3) is 0.348. The second-order valence-corrected chi connectivity index (χ2v) is 7.49. The smallest absolute Gasteiger partial charge is 0.321 e. The summed E-state index contributed by atoms with van der Waals surface area (Å²) >= 11 is 0. The van der Waals surface area contributed by atoms with Crippen LogP contribution in [0.3, 0.4) is 0 Å². The van der Waals surface area contributed by atoms with Gasteiger partial charge in [-0.1, -0.05) is 41.6 Å². The van der Waals surface area contributed by atoms with Crippen molar-refractivity contribution in [1.82, 2.24) is 4.90 Å². The van der Waals surface area contributed by atoms with Crippen LogP contribution in [0.25, 0.3) is 0 Å². The number of fused-ring (bicyclic) bond motifs is 1. The maximum absolute atomic E-state index is 12.6. The molecule has 156 valence electrons. The normalized spacial score (nSPS) is 15.9. The van der Waals surface area contributed by atoms with E-state index >= 15 is 0 Å². The summed E-state index contributed by atoms with van der Waals surface area (Å²) in [5.41, 5.74) is 3.83. The minimum atomic E-state index is -0.111. The van der Waals surface area contributed by atoms with Gasteiger partial charge in [0.05, 0.1) is 5.71 Å². The van der Waals surface area contributed by atoms with Crippen molar-refractivity contribution in [3.63, 3.8) is 0 Å². The molecule has 3 amide bonds. The highest BCUT2D eigenvalue weighted by molar-refractivity contribution is 5.95. The van der Waals surface area contributed by atoms with E-state index < -0.39 is 0 Å². The second kappa shape index (κ2) is 9.43. The van der Waals surface area contributed by atoms with Gasteiger partial charge >= 0.3 is 6.03 Å². The molecule has 0 aliphatic carbocycles. The van der Waals surface area contributed by atoms with Gasteiger partial charge in [-0.2, -0.15) is 0 Å². The molecule has 4 rings (SSSR count). The van der Waals surface area contributed by atoms with E-state index in [1.54, 1.807) is 9.80 Å². The second-order valence-electron chi connectivity index (χ2n) is 7.49. The summed E-state index contributed by atoms with van der Waals surface area (Å²) in [5.74, 6) is -0.0776. The number of benzene rings is 2. The number of carbonyl (C=O) groups excluding carboxylic acids is 2. The van der Waals surface area contributed by atoms with Crippen molar-refractivity contribution in [3.8, 4) is 0 Å². The minimum Gasteiger partial charge on any atom is -0.386 e. The summed E-state index contributed by atoms with van der Waals surface area (Å²) < 4.78 is 0. The van der Waals surface area contributed by atoms with Crippen molar-refractivity contribution in [1.29, 1.82) is 0 Å². The number of likely N-dealkylation sites (tertiary alicyclic amines) is 1. The van der Waals surface area contributed by atoms with Gasteiger partial charge in [-0.15, -0.1) is 0 Å². The standard InChI is InChI=1S/C23H26N4O3/c28-22(27-14-6-8-18-7-4-5-11-21(18)27)17-30-25-20-12-15-26(16-13-20)23(29)24-19-9-2-1-3-10-19/h1-5,7,9-11H,6,8,12-17H2,(H,24,29). The van der Waals surface area contributed by atoms with E-state index in [1.807, 2.05) is 48.5 Å². The summed E-state index contributed by atoms with van der Waals surface area (Å²) in [6.45, 7) is 1.79. The van der Waals surface area contributed by atoms with Crippen molar-refractivity contribution in [3.05, 3.63) is 60.2 Å². The van der Waals surface area contributed by atoms with Crippen LogP contribution < -0.4 is 10.2 Å². The molecule has 0 atom stereocenters. The van der Waals surface area contributed by atoms with Crippen LogP contribution in [0.1, 0.15) is 24.8 Å². The summed E-state index contributed by atoms with van der Waals surface area (Å²) in [7, 11) is 0. The maximum Gasteiger partial charge on any atom is 0.321 e. The molecular weight excluding hydrogens is 380 g/mol. The summed E-state index contributed by atoms with van der Waals surface area (Å²) in [5, 5.41) is 7.06. The van der Waals surface area contributed by atoms with E-state index in [1.165, 1.54) is 5.56 Å². The zero-order chi connectivity index (χ0) is 20.8. The summed E-state index contributed by atoms with van der Waals surface area (Å²) in [6, 6.07) is 17.3. The SMILES string of the molecule is O=C(Nc1ccccc1)N1CCC(=NOCC(=O)N2CCCc3ccccc32)CC1. The Kier molecular flexibility index (Phi) is 6.27. The first kappa shape index (κ1) is 19.9.